The number of esters is 1. The quantitative estimate of drug-likeness (QED) is 0.0176. The predicted octanol–water partition coefficient (Wildman–Crippen LogP) is -4.80. The van der Waals surface area contributed by atoms with Crippen LogP contribution in [0.1, 0.15) is 97.8 Å². The normalized spacial score (nSPS) is 34.3. The Morgan fingerprint density at radius 2 is 1.40 bits per heavy atom. The Labute approximate surface area is 454 Å². The van der Waals surface area contributed by atoms with E-state index in [1.54, 1.807) is 0 Å². The molecule has 78 heavy (non-hydrogen) atoms. The highest BCUT2D eigenvalue weighted by Crippen LogP contribution is 2.37. The summed E-state index contributed by atoms with van der Waals surface area (Å²) in [4.78, 5) is 85.8. The van der Waals surface area contributed by atoms with Gasteiger partial charge in [-0.25, -0.2) is 9.59 Å². The van der Waals surface area contributed by atoms with Gasteiger partial charge in [0.2, 0.25) is 23.6 Å². The van der Waals surface area contributed by atoms with E-state index in [-0.39, 0.29) is 36.5 Å². The summed E-state index contributed by atoms with van der Waals surface area (Å²) in [6, 6.07) is -2.62. The zero-order valence-corrected chi connectivity index (χ0v) is 44.8. The first-order valence-corrected chi connectivity index (χ1v) is 27.5. The molecule has 0 aromatic carbocycles. The van der Waals surface area contributed by atoms with Gasteiger partial charge in [-0.15, -0.1) is 0 Å². The molecule has 5 fully saturated rings. The van der Waals surface area contributed by atoms with Crippen LogP contribution in [0.25, 0.3) is 0 Å². The third-order valence-corrected chi connectivity index (χ3v) is 15.6. The summed E-state index contributed by atoms with van der Waals surface area (Å²) in [7, 11) is 0. The number of hydrogen-bond acceptors (Lipinski definition) is 23. The third-order valence-electron chi connectivity index (χ3n) is 14.1. The van der Waals surface area contributed by atoms with Crippen molar-refractivity contribution in [3.63, 3.8) is 0 Å². The van der Waals surface area contributed by atoms with E-state index in [0.29, 0.717) is 56.9 Å². The van der Waals surface area contributed by atoms with Crippen LogP contribution in [-0.4, -0.2) is 248 Å². The maximum Gasteiger partial charge on any atom is 0.364 e. The number of rotatable bonds is 31. The molecule has 0 aliphatic carbocycles. The number of unbranched alkanes of at least 4 members (excludes halogenated alkanes) is 5. The summed E-state index contributed by atoms with van der Waals surface area (Å²) in [5.41, 5.74) is 0. The van der Waals surface area contributed by atoms with Crippen LogP contribution in [0.3, 0.4) is 0 Å². The smallest absolute Gasteiger partial charge is 0.364 e. The third kappa shape index (κ3) is 18.2. The maximum atomic E-state index is 12.9. The average molecular weight is 1140 g/mol. The topological polar surface area (TPSA) is 438 Å². The second-order valence-electron chi connectivity index (χ2n) is 20.1. The number of aliphatic carboxylic acids is 1. The van der Waals surface area contributed by atoms with Crippen LogP contribution in [0.15, 0.2) is 0 Å². The lowest BCUT2D eigenvalue weighted by Gasteiger charge is -2.49. The van der Waals surface area contributed by atoms with E-state index in [1.807, 2.05) is 11.8 Å². The molecule has 30 heteroatoms. The van der Waals surface area contributed by atoms with E-state index in [9.17, 15) is 79.5 Å². The largest absolute Gasteiger partial charge is 0.477 e. The van der Waals surface area contributed by atoms with Crippen molar-refractivity contribution in [2.75, 3.05) is 45.3 Å². The lowest BCUT2D eigenvalue weighted by atomic mass is 9.88. The molecule has 0 aromatic heterocycles. The zero-order valence-electron chi connectivity index (χ0n) is 44.0. The minimum Gasteiger partial charge on any atom is -0.477 e. The molecule has 0 bridgehead atoms. The molecule has 5 heterocycles. The molecule has 446 valence electrons. The van der Waals surface area contributed by atoms with Gasteiger partial charge < -0.3 is 111 Å². The van der Waals surface area contributed by atoms with Crippen molar-refractivity contribution in [2.45, 2.75) is 213 Å². The number of thioether (sulfide) groups is 1. The Morgan fingerprint density at radius 3 is 2.01 bits per heavy atom. The van der Waals surface area contributed by atoms with Crippen LogP contribution < -0.4 is 31.9 Å². The Bertz CT molecular complexity index is 1990. The Morgan fingerprint density at radius 1 is 0.769 bits per heavy atom. The van der Waals surface area contributed by atoms with E-state index in [0.717, 1.165) is 58.6 Å². The van der Waals surface area contributed by atoms with Gasteiger partial charge in [0, 0.05) is 64.3 Å². The van der Waals surface area contributed by atoms with Crippen molar-refractivity contribution < 1.29 is 113 Å². The van der Waals surface area contributed by atoms with Crippen molar-refractivity contribution in [1.82, 2.24) is 31.9 Å². The standard InChI is InChI=1S/C48H80N6O23S/c1-23(57)51-35-28(73-25(3)59)18-48(46(68)69,77-43(35)37(63)27(60)19-55)72-21-30-38(64)40(66)41(67)45(75-30)76-42-29(20-56)74-44(36(39(42)65)52-24(2)58)71-17-11-5-10-16-50-32(61)13-6-4-9-15-49-33(62)14-8-7-12-31-34-26(22-78-31)53-47(70)54-34/h26-31,34-45,55-56,60,63-67H,4-22H2,1-3H3,(H,49,62)(H,50,61)(H,51,57)(H,52,58)(H,68,69)(H2,53,54,70)/t26-,27+,28-,29+,30+,31-,34-,35+,36+,37+,38-,39+,40-,41+,42+,43+,44+,45-,48+/m0/s1. The van der Waals surface area contributed by atoms with Gasteiger partial charge in [0.15, 0.2) is 12.6 Å². The van der Waals surface area contributed by atoms with Gasteiger partial charge in [0.25, 0.3) is 5.79 Å². The molecule has 19 atom stereocenters. The lowest BCUT2D eigenvalue weighted by Crippen LogP contribution is -2.69. The Hall–Kier alpha value is -4.12. The molecule has 29 nitrogen and oxygen atoms in total. The number of aliphatic hydroxyl groups excluding tert-OH is 8. The molecule has 0 saturated carbocycles. The summed E-state index contributed by atoms with van der Waals surface area (Å²) < 4.78 is 40.1. The van der Waals surface area contributed by atoms with Crippen molar-refractivity contribution >= 4 is 53.4 Å². The van der Waals surface area contributed by atoms with E-state index in [4.69, 9.17) is 33.2 Å². The summed E-state index contributed by atoms with van der Waals surface area (Å²) in [6.45, 7) is 1.27. The summed E-state index contributed by atoms with van der Waals surface area (Å²) in [5, 5.41) is 113. The van der Waals surface area contributed by atoms with Crippen LogP contribution in [0.2, 0.25) is 0 Å². The first kappa shape index (κ1) is 64.7. The van der Waals surface area contributed by atoms with Crippen LogP contribution in [-0.2, 0) is 61.9 Å². The highest BCUT2D eigenvalue weighted by Gasteiger charge is 2.59. The van der Waals surface area contributed by atoms with E-state index in [1.165, 1.54) is 0 Å². The molecular formula is C48H80N6O23S. The molecule has 0 radical (unpaired) electrons. The Balaban J connectivity index is 1.04. The highest BCUT2D eigenvalue weighted by atomic mass is 32.2. The molecular weight excluding hydrogens is 1060 g/mol. The molecule has 0 unspecified atom stereocenters. The fourth-order valence-corrected chi connectivity index (χ4v) is 11.5. The van der Waals surface area contributed by atoms with Gasteiger partial charge in [-0.1, -0.05) is 12.8 Å². The van der Waals surface area contributed by atoms with Crippen molar-refractivity contribution in [3.05, 3.63) is 0 Å². The van der Waals surface area contributed by atoms with Crippen LogP contribution in [0.5, 0.6) is 0 Å². The van der Waals surface area contributed by atoms with Gasteiger partial charge in [-0.2, -0.15) is 11.8 Å². The minimum atomic E-state index is -2.91. The summed E-state index contributed by atoms with van der Waals surface area (Å²) in [5.74, 6) is -6.35. The molecule has 0 aromatic rings. The van der Waals surface area contributed by atoms with Gasteiger partial charge in [0.05, 0.1) is 44.4 Å². The maximum absolute atomic E-state index is 12.9. The summed E-state index contributed by atoms with van der Waals surface area (Å²) >= 11 is 1.86. The van der Waals surface area contributed by atoms with Gasteiger partial charge in [-0.05, 0) is 44.9 Å². The average Bonchev–Trinajstić information content (AvgIpc) is 4.00. The minimum absolute atomic E-state index is 0.00118. The number of carbonyl (C=O) groups is 7. The number of ether oxygens (including phenoxy) is 7. The fourth-order valence-electron chi connectivity index (χ4n) is 9.99. The molecule has 5 rings (SSSR count). The second kappa shape index (κ2) is 31.2. The zero-order chi connectivity index (χ0) is 57.3. The molecule has 0 spiro atoms. The fraction of sp³-hybridized carbons (Fsp3) is 0.854. The summed E-state index contributed by atoms with van der Waals surface area (Å²) in [6.07, 6.45) is -17.4. The van der Waals surface area contributed by atoms with Crippen molar-refractivity contribution in [3.8, 4) is 0 Å². The Kier molecular flexibility index (Phi) is 25.9. The molecule has 15 N–H and O–H groups in total. The molecule has 5 aliphatic heterocycles. The van der Waals surface area contributed by atoms with E-state index < -0.39 is 148 Å². The van der Waals surface area contributed by atoms with Crippen LogP contribution >= 0.6 is 11.8 Å². The van der Waals surface area contributed by atoms with E-state index in [2.05, 4.69) is 31.9 Å². The lowest BCUT2D eigenvalue weighted by molar-refractivity contribution is -0.360. The molecule has 5 saturated heterocycles. The van der Waals surface area contributed by atoms with Gasteiger partial charge >= 0.3 is 18.0 Å². The van der Waals surface area contributed by atoms with Gasteiger partial charge in [0.1, 0.15) is 73.2 Å². The number of carboxylic acid groups (broad SMARTS) is 1. The molecule has 6 amide bonds. The number of fused-ring (bicyclic) bond motifs is 1. The van der Waals surface area contributed by atoms with Crippen molar-refractivity contribution in [2.24, 2.45) is 0 Å². The first-order chi connectivity index (χ1) is 37.1. The van der Waals surface area contributed by atoms with Gasteiger partial charge in [-0.3, -0.25) is 24.0 Å². The number of carboxylic acids is 1. The van der Waals surface area contributed by atoms with Crippen LogP contribution in [0.4, 0.5) is 4.79 Å². The monoisotopic (exact) mass is 1140 g/mol. The number of carbonyl (C=O) groups excluding carboxylic acids is 6. The number of nitrogens with one attached hydrogen (secondary N) is 6. The highest BCUT2D eigenvalue weighted by molar-refractivity contribution is 8.00. The SMILES string of the molecule is CC(=O)N[C@H]1[C@H](OCCCCCNC(=O)CCCCCNC(=O)CCCC[C@@H]2SC[C@@H]3NC(=O)N[C@@H]32)O[C@H](CO)[C@@H](O[C@@H]2O[C@H](CO[C@]3(C(=O)O)C[C@H](OC(C)=O)[C@@H](NC(C)=O)[C@H]([C@H](O)[C@H](O)CO)O3)[C@H](O)[C@H](O)[C@H]2O)[C@@H]1O. The van der Waals surface area contributed by atoms with E-state index >= 15 is 0 Å². The first-order valence-electron chi connectivity index (χ1n) is 26.5. The number of aliphatic hydroxyl groups is 8. The number of amides is 6. The van der Waals surface area contributed by atoms with Crippen molar-refractivity contribution in [1.29, 1.82) is 0 Å². The van der Waals surface area contributed by atoms with Crippen LogP contribution in [0, 0.1) is 0 Å². The second-order valence-corrected chi connectivity index (χ2v) is 21.4. The number of hydrogen-bond donors (Lipinski definition) is 15. The molecule has 5 aliphatic rings. The predicted molar refractivity (Wildman–Crippen MR) is 267 cm³/mol. The number of urea groups is 1.